The number of nitrogens with one attached hydrogen (secondary N) is 1. The number of benzene rings is 1. The van der Waals surface area contributed by atoms with E-state index in [0.29, 0.717) is 40.7 Å². The molecule has 1 aromatic heterocycles. The van der Waals surface area contributed by atoms with E-state index in [1.165, 1.54) is 11.3 Å². The molecule has 0 aliphatic carbocycles. The number of piperidine rings is 1. The van der Waals surface area contributed by atoms with Gasteiger partial charge in [0.05, 0.1) is 10.6 Å². The molecule has 1 N–H and O–H groups in total. The van der Waals surface area contributed by atoms with E-state index >= 15 is 0 Å². The van der Waals surface area contributed by atoms with E-state index in [1.54, 1.807) is 46.7 Å². The molecule has 3 rings (SSSR count). The predicted octanol–water partition coefficient (Wildman–Crippen LogP) is 2.98. The van der Waals surface area contributed by atoms with Crippen LogP contribution in [0.2, 0.25) is 5.02 Å². The summed E-state index contributed by atoms with van der Waals surface area (Å²) in [7, 11) is -3.47. The average molecular weight is 385 g/mol. The summed E-state index contributed by atoms with van der Waals surface area (Å²) in [5.74, 6) is -0.111. The van der Waals surface area contributed by atoms with E-state index in [-0.39, 0.29) is 11.9 Å². The van der Waals surface area contributed by atoms with Gasteiger partial charge < -0.3 is 4.90 Å². The fourth-order valence-electron chi connectivity index (χ4n) is 2.70. The Labute approximate surface area is 150 Å². The van der Waals surface area contributed by atoms with E-state index in [2.05, 4.69) is 4.72 Å². The first-order valence-electron chi connectivity index (χ1n) is 7.57. The van der Waals surface area contributed by atoms with Crippen molar-refractivity contribution in [3.8, 4) is 0 Å². The van der Waals surface area contributed by atoms with Gasteiger partial charge in [-0.15, -0.1) is 11.3 Å². The lowest BCUT2D eigenvalue weighted by molar-refractivity contribution is 0.0711. The van der Waals surface area contributed by atoms with E-state index in [9.17, 15) is 13.2 Å². The van der Waals surface area contributed by atoms with E-state index < -0.39 is 10.0 Å². The van der Waals surface area contributed by atoms with Gasteiger partial charge in [-0.25, -0.2) is 13.1 Å². The van der Waals surface area contributed by atoms with Crippen LogP contribution in [0.4, 0.5) is 0 Å². The highest BCUT2D eigenvalue weighted by atomic mass is 35.5. The van der Waals surface area contributed by atoms with Gasteiger partial charge in [0.1, 0.15) is 4.21 Å². The molecule has 1 saturated heterocycles. The minimum absolute atomic E-state index is 0.111. The van der Waals surface area contributed by atoms with Crippen molar-refractivity contribution in [3.05, 3.63) is 52.4 Å². The van der Waals surface area contributed by atoms with E-state index in [0.717, 1.165) is 0 Å². The number of sulfonamides is 1. The van der Waals surface area contributed by atoms with Crippen molar-refractivity contribution >= 4 is 38.9 Å². The summed E-state index contributed by atoms with van der Waals surface area (Å²) in [4.78, 5) is 14.2. The van der Waals surface area contributed by atoms with Crippen LogP contribution in [0.25, 0.3) is 0 Å². The number of rotatable bonds is 4. The molecule has 0 spiro atoms. The van der Waals surface area contributed by atoms with Gasteiger partial charge in [0.2, 0.25) is 10.0 Å². The predicted molar refractivity (Wildman–Crippen MR) is 95.0 cm³/mol. The number of thiophene rings is 1. The van der Waals surface area contributed by atoms with Crippen molar-refractivity contribution in [1.82, 2.24) is 9.62 Å². The van der Waals surface area contributed by atoms with Crippen molar-refractivity contribution in [3.63, 3.8) is 0 Å². The topological polar surface area (TPSA) is 66.5 Å². The second-order valence-electron chi connectivity index (χ2n) is 5.60. The third kappa shape index (κ3) is 3.80. The molecule has 2 aromatic rings. The van der Waals surface area contributed by atoms with Gasteiger partial charge in [-0.3, -0.25) is 4.79 Å². The van der Waals surface area contributed by atoms with Gasteiger partial charge in [0, 0.05) is 19.1 Å². The molecule has 1 aliphatic heterocycles. The Bertz CT molecular complexity index is 814. The SMILES string of the molecule is O=C(c1ccccc1Cl)N1CCC(NS(=O)(=O)c2cccs2)CC1. The number of likely N-dealkylation sites (tertiary alicyclic amines) is 1. The molecule has 8 heteroatoms. The molecule has 2 heterocycles. The zero-order chi connectivity index (χ0) is 17.2. The van der Waals surface area contributed by atoms with Crippen molar-refractivity contribution in [2.45, 2.75) is 23.1 Å². The van der Waals surface area contributed by atoms with Crippen LogP contribution in [-0.2, 0) is 10.0 Å². The molecule has 5 nitrogen and oxygen atoms in total. The first kappa shape index (κ1) is 17.4. The number of hydrogen-bond donors (Lipinski definition) is 1. The van der Waals surface area contributed by atoms with Crippen molar-refractivity contribution in [2.75, 3.05) is 13.1 Å². The summed E-state index contributed by atoms with van der Waals surface area (Å²) in [6.45, 7) is 1.00. The van der Waals surface area contributed by atoms with Crippen LogP contribution in [0.1, 0.15) is 23.2 Å². The van der Waals surface area contributed by atoms with Gasteiger partial charge >= 0.3 is 0 Å². The number of halogens is 1. The molecular formula is C16H17ClN2O3S2. The highest BCUT2D eigenvalue weighted by Crippen LogP contribution is 2.22. The molecule has 128 valence electrons. The Morgan fingerprint density at radius 1 is 1.17 bits per heavy atom. The van der Waals surface area contributed by atoms with Gasteiger partial charge in [0.25, 0.3) is 5.91 Å². The summed E-state index contributed by atoms with van der Waals surface area (Å²) < 4.78 is 27.5. The molecule has 0 saturated carbocycles. The van der Waals surface area contributed by atoms with Crippen LogP contribution in [-0.4, -0.2) is 38.4 Å². The Hall–Kier alpha value is -1.41. The van der Waals surface area contributed by atoms with E-state index in [1.807, 2.05) is 0 Å². The third-order valence-electron chi connectivity index (χ3n) is 3.97. The minimum Gasteiger partial charge on any atom is -0.338 e. The summed E-state index contributed by atoms with van der Waals surface area (Å²) >= 11 is 7.27. The van der Waals surface area contributed by atoms with Gasteiger partial charge in [-0.1, -0.05) is 29.8 Å². The van der Waals surface area contributed by atoms with Crippen LogP contribution in [0.3, 0.4) is 0 Å². The molecule has 1 aliphatic rings. The van der Waals surface area contributed by atoms with Crippen LogP contribution >= 0.6 is 22.9 Å². The number of hydrogen-bond acceptors (Lipinski definition) is 4. The Morgan fingerprint density at radius 3 is 2.50 bits per heavy atom. The van der Waals surface area contributed by atoms with Crippen molar-refractivity contribution in [2.24, 2.45) is 0 Å². The van der Waals surface area contributed by atoms with Gasteiger partial charge in [-0.05, 0) is 36.4 Å². The molecule has 0 bridgehead atoms. The Balaban J connectivity index is 1.60. The lowest BCUT2D eigenvalue weighted by atomic mass is 10.0. The average Bonchev–Trinajstić information content (AvgIpc) is 3.10. The maximum atomic E-state index is 12.5. The van der Waals surface area contributed by atoms with Crippen molar-refractivity contribution < 1.29 is 13.2 Å². The highest BCUT2D eigenvalue weighted by molar-refractivity contribution is 7.91. The van der Waals surface area contributed by atoms with Crippen LogP contribution in [0, 0.1) is 0 Å². The van der Waals surface area contributed by atoms with E-state index in [4.69, 9.17) is 11.6 Å². The fraction of sp³-hybridized carbons (Fsp3) is 0.312. The Kier molecular flexibility index (Phi) is 5.24. The molecule has 1 aromatic carbocycles. The van der Waals surface area contributed by atoms with Crippen LogP contribution in [0.15, 0.2) is 46.0 Å². The summed E-state index contributed by atoms with van der Waals surface area (Å²) in [5, 5.41) is 2.17. The number of amides is 1. The van der Waals surface area contributed by atoms with Gasteiger partial charge in [-0.2, -0.15) is 0 Å². The maximum absolute atomic E-state index is 12.5. The second kappa shape index (κ2) is 7.23. The zero-order valence-corrected chi connectivity index (χ0v) is 15.2. The largest absolute Gasteiger partial charge is 0.338 e. The smallest absolute Gasteiger partial charge is 0.255 e. The molecule has 0 atom stereocenters. The first-order chi connectivity index (χ1) is 11.5. The summed E-state index contributed by atoms with van der Waals surface area (Å²) in [5.41, 5.74) is 0.483. The normalized spacial score (nSPS) is 16.3. The third-order valence-corrected chi connectivity index (χ3v) is 7.22. The van der Waals surface area contributed by atoms with Crippen LogP contribution < -0.4 is 4.72 Å². The molecule has 24 heavy (non-hydrogen) atoms. The molecular weight excluding hydrogens is 368 g/mol. The molecule has 1 amide bonds. The number of carbonyl (C=O) groups is 1. The number of carbonyl (C=O) groups excluding carboxylic acids is 1. The lowest BCUT2D eigenvalue weighted by Gasteiger charge is -2.32. The number of nitrogens with zero attached hydrogens (tertiary/aromatic N) is 1. The quantitative estimate of drug-likeness (QED) is 0.881. The summed E-state index contributed by atoms with van der Waals surface area (Å²) in [6, 6.07) is 10.1. The standard InChI is InChI=1S/C16H17ClN2O3S2/c17-14-5-2-1-4-13(14)16(20)19-9-7-12(8-10-19)18-24(21,22)15-6-3-11-23-15/h1-6,11-12,18H,7-10H2. The second-order valence-corrected chi connectivity index (χ2v) is 8.90. The summed E-state index contributed by atoms with van der Waals surface area (Å²) in [6.07, 6.45) is 1.17. The molecule has 1 fully saturated rings. The molecule has 0 radical (unpaired) electrons. The first-order valence-corrected chi connectivity index (χ1v) is 10.3. The van der Waals surface area contributed by atoms with Crippen LogP contribution in [0.5, 0.6) is 0 Å². The van der Waals surface area contributed by atoms with Gasteiger partial charge in [0.15, 0.2) is 0 Å². The maximum Gasteiger partial charge on any atom is 0.255 e. The monoisotopic (exact) mass is 384 g/mol. The fourth-order valence-corrected chi connectivity index (χ4v) is 5.23. The highest BCUT2D eigenvalue weighted by Gasteiger charge is 2.28. The Morgan fingerprint density at radius 2 is 1.88 bits per heavy atom. The minimum atomic E-state index is -3.47. The lowest BCUT2D eigenvalue weighted by Crippen LogP contribution is -2.46. The zero-order valence-electron chi connectivity index (χ0n) is 12.8. The molecule has 0 unspecified atom stereocenters. The van der Waals surface area contributed by atoms with Crippen molar-refractivity contribution in [1.29, 1.82) is 0 Å².